The number of rotatable bonds is 4. The van der Waals surface area contributed by atoms with Crippen LogP contribution < -0.4 is 15.8 Å². The summed E-state index contributed by atoms with van der Waals surface area (Å²) in [6.45, 7) is -0.0873. The Morgan fingerprint density at radius 2 is 1.80 bits per heavy atom. The number of anilines is 2. The second-order valence-corrected chi connectivity index (χ2v) is 5.72. The van der Waals surface area contributed by atoms with Crippen molar-refractivity contribution in [3.63, 3.8) is 0 Å². The molecule has 2 aromatic rings. The molecule has 0 saturated heterocycles. The Balaban J connectivity index is 1.96. The highest BCUT2D eigenvalue weighted by Gasteiger charge is 2.09. The van der Waals surface area contributed by atoms with Gasteiger partial charge in [0.1, 0.15) is 5.75 Å². The van der Waals surface area contributed by atoms with Gasteiger partial charge in [-0.05, 0) is 62.2 Å². The number of carbonyl (C=O) groups is 1. The van der Waals surface area contributed by atoms with E-state index in [1.165, 1.54) is 0 Å². The summed E-state index contributed by atoms with van der Waals surface area (Å²) in [5, 5.41) is 2.72. The second-order valence-electron chi connectivity index (χ2n) is 4.01. The number of halogens is 2. The Morgan fingerprint density at radius 1 is 1.15 bits per heavy atom. The molecule has 6 heteroatoms. The standard InChI is InChI=1S/C14H12Br2N2O2/c15-11-5-2-6-12(16)14(11)20-8-13(19)18-10-4-1-3-9(17)7-10/h1-7H,8,17H2,(H,18,19). The van der Waals surface area contributed by atoms with E-state index in [4.69, 9.17) is 10.5 Å². The summed E-state index contributed by atoms with van der Waals surface area (Å²) in [5.74, 6) is 0.341. The van der Waals surface area contributed by atoms with Gasteiger partial charge < -0.3 is 15.8 Å². The molecule has 0 spiro atoms. The third kappa shape index (κ3) is 3.98. The van der Waals surface area contributed by atoms with Gasteiger partial charge in [-0.3, -0.25) is 4.79 Å². The van der Waals surface area contributed by atoms with Gasteiger partial charge in [0.2, 0.25) is 0 Å². The minimum atomic E-state index is -0.252. The number of hydrogen-bond acceptors (Lipinski definition) is 3. The van der Waals surface area contributed by atoms with Crippen LogP contribution in [0.2, 0.25) is 0 Å². The predicted octanol–water partition coefficient (Wildman–Crippen LogP) is 3.81. The van der Waals surface area contributed by atoms with Gasteiger partial charge in [0.25, 0.3) is 5.91 Å². The van der Waals surface area contributed by atoms with E-state index in [1.54, 1.807) is 24.3 Å². The van der Waals surface area contributed by atoms with Gasteiger partial charge in [-0.1, -0.05) is 12.1 Å². The van der Waals surface area contributed by atoms with Crippen LogP contribution in [-0.4, -0.2) is 12.5 Å². The summed E-state index contributed by atoms with van der Waals surface area (Å²) >= 11 is 6.74. The molecule has 0 atom stereocenters. The fraction of sp³-hybridized carbons (Fsp3) is 0.0714. The number of hydrogen-bond donors (Lipinski definition) is 2. The molecule has 0 unspecified atom stereocenters. The topological polar surface area (TPSA) is 64.3 Å². The monoisotopic (exact) mass is 398 g/mol. The first kappa shape index (κ1) is 14.9. The summed E-state index contributed by atoms with van der Waals surface area (Å²) in [4.78, 5) is 11.8. The zero-order chi connectivity index (χ0) is 14.5. The van der Waals surface area contributed by atoms with E-state index in [0.717, 1.165) is 8.95 Å². The molecule has 0 heterocycles. The van der Waals surface area contributed by atoms with E-state index in [9.17, 15) is 4.79 Å². The van der Waals surface area contributed by atoms with Crippen molar-refractivity contribution < 1.29 is 9.53 Å². The fourth-order valence-electron chi connectivity index (χ4n) is 1.57. The molecule has 2 rings (SSSR count). The lowest BCUT2D eigenvalue weighted by molar-refractivity contribution is -0.118. The molecule has 104 valence electrons. The molecule has 0 aliphatic rings. The summed E-state index contributed by atoms with van der Waals surface area (Å²) in [5.41, 5.74) is 6.88. The highest BCUT2D eigenvalue weighted by molar-refractivity contribution is 9.11. The van der Waals surface area contributed by atoms with E-state index < -0.39 is 0 Å². The van der Waals surface area contributed by atoms with Crippen molar-refractivity contribution in [2.24, 2.45) is 0 Å². The van der Waals surface area contributed by atoms with Gasteiger partial charge in [0.15, 0.2) is 6.61 Å². The first-order chi connectivity index (χ1) is 9.56. The Hall–Kier alpha value is -1.53. The van der Waals surface area contributed by atoms with Gasteiger partial charge in [-0.25, -0.2) is 0 Å². The molecule has 0 bridgehead atoms. The fourth-order valence-corrected chi connectivity index (χ4v) is 2.80. The van der Waals surface area contributed by atoms with Crippen LogP contribution >= 0.6 is 31.9 Å². The molecule has 0 radical (unpaired) electrons. The number of para-hydroxylation sites is 1. The van der Waals surface area contributed by atoms with Gasteiger partial charge in [-0.2, -0.15) is 0 Å². The normalized spacial score (nSPS) is 10.1. The van der Waals surface area contributed by atoms with E-state index in [1.807, 2.05) is 18.2 Å². The van der Waals surface area contributed by atoms with Crippen LogP contribution in [0.4, 0.5) is 11.4 Å². The highest BCUT2D eigenvalue weighted by atomic mass is 79.9. The van der Waals surface area contributed by atoms with Crippen molar-refractivity contribution in [2.45, 2.75) is 0 Å². The maximum atomic E-state index is 11.8. The lowest BCUT2D eigenvalue weighted by Crippen LogP contribution is -2.20. The first-order valence-electron chi connectivity index (χ1n) is 5.78. The number of benzene rings is 2. The van der Waals surface area contributed by atoms with Crippen LogP contribution in [0.3, 0.4) is 0 Å². The highest BCUT2D eigenvalue weighted by Crippen LogP contribution is 2.32. The SMILES string of the molecule is Nc1cccc(NC(=O)COc2c(Br)cccc2Br)c1. The second kappa shape index (κ2) is 6.76. The van der Waals surface area contributed by atoms with Crippen molar-refractivity contribution in [2.75, 3.05) is 17.7 Å². The largest absolute Gasteiger partial charge is 0.481 e. The average Bonchev–Trinajstić information content (AvgIpc) is 2.38. The molecule has 0 aromatic heterocycles. The summed E-state index contributed by atoms with van der Waals surface area (Å²) in [6.07, 6.45) is 0. The molecule has 0 aliphatic heterocycles. The van der Waals surface area contributed by atoms with Crippen molar-refractivity contribution in [1.82, 2.24) is 0 Å². The third-order valence-corrected chi connectivity index (χ3v) is 3.69. The number of ether oxygens (including phenoxy) is 1. The average molecular weight is 400 g/mol. The summed E-state index contributed by atoms with van der Waals surface area (Å²) in [6, 6.07) is 12.5. The number of nitrogens with two attached hydrogens (primary N) is 1. The van der Waals surface area contributed by atoms with Gasteiger partial charge in [0, 0.05) is 11.4 Å². The van der Waals surface area contributed by atoms with E-state index in [2.05, 4.69) is 37.2 Å². The minimum absolute atomic E-state index is 0.0873. The number of nitrogen functional groups attached to an aromatic ring is 1. The van der Waals surface area contributed by atoms with Crippen molar-refractivity contribution in [3.8, 4) is 5.75 Å². The maximum Gasteiger partial charge on any atom is 0.262 e. The van der Waals surface area contributed by atoms with Crippen LogP contribution in [0.5, 0.6) is 5.75 Å². The van der Waals surface area contributed by atoms with Crippen LogP contribution in [0.25, 0.3) is 0 Å². The van der Waals surface area contributed by atoms with Crippen molar-refractivity contribution >= 4 is 49.1 Å². The lowest BCUT2D eigenvalue weighted by atomic mass is 10.3. The maximum absolute atomic E-state index is 11.8. The molecule has 0 aliphatic carbocycles. The number of carbonyl (C=O) groups excluding carboxylic acids is 1. The minimum Gasteiger partial charge on any atom is -0.481 e. The molecule has 3 N–H and O–H groups in total. The van der Waals surface area contributed by atoms with Crippen LogP contribution in [0, 0.1) is 0 Å². The Labute approximate surface area is 133 Å². The zero-order valence-electron chi connectivity index (χ0n) is 10.4. The predicted molar refractivity (Wildman–Crippen MR) is 86.8 cm³/mol. The molecular formula is C14H12Br2N2O2. The Bertz CT molecular complexity index is 612. The molecule has 0 fully saturated rings. The van der Waals surface area contributed by atoms with Crippen LogP contribution in [0.1, 0.15) is 0 Å². The van der Waals surface area contributed by atoms with Gasteiger partial charge in [0.05, 0.1) is 8.95 Å². The molecule has 1 amide bonds. The van der Waals surface area contributed by atoms with E-state index >= 15 is 0 Å². The zero-order valence-corrected chi connectivity index (χ0v) is 13.6. The number of nitrogens with one attached hydrogen (secondary N) is 1. The van der Waals surface area contributed by atoms with Crippen LogP contribution in [-0.2, 0) is 4.79 Å². The first-order valence-corrected chi connectivity index (χ1v) is 7.37. The number of amides is 1. The molecule has 4 nitrogen and oxygen atoms in total. The quantitative estimate of drug-likeness (QED) is 0.768. The smallest absolute Gasteiger partial charge is 0.262 e. The summed E-state index contributed by atoms with van der Waals surface area (Å²) in [7, 11) is 0. The van der Waals surface area contributed by atoms with E-state index in [0.29, 0.717) is 17.1 Å². The third-order valence-electron chi connectivity index (χ3n) is 2.44. The molecule has 2 aromatic carbocycles. The van der Waals surface area contributed by atoms with Crippen molar-refractivity contribution in [1.29, 1.82) is 0 Å². The Kier molecular flexibility index (Phi) is 5.03. The van der Waals surface area contributed by atoms with Gasteiger partial charge >= 0.3 is 0 Å². The van der Waals surface area contributed by atoms with Crippen molar-refractivity contribution in [3.05, 3.63) is 51.4 Å². The summed E-state index contributed by atoms with van der Waals surface area (Å²) < 4.78 is 7.06. The van der Waals surface area contributed by atoms with E-state index in [-0.39, 0.29) is 12.5 Å². The van der Waals surface area contributed by atoms with Crippen LogP contribution in [0.15, 0.2) is 51.4 Å². The molecule has 20 heavy (non-hydrogen) atoms. The lowest BCUT2D eigenvalue weighted by Gasteiger charge is -2.10. The molecular weight excluding hydrogens is 388 g/mol. The van der Waals surface area contributed by atoms with Gasteiger partial charge in [-0.15, -0.1) is 0 Å². The molecule has 0 saturated carbocycles. The Morgan fingerprint density at radius 3 is 2.45 bits per heavy atom.